The van der Waals surface area contributed by atoms with Crippen LogP contribution in [-0.2, 0) is 0 Å². The van der Waals surface area contributed by atoms with Crippen molar-refractivity contribution in [2.45, 2.75) is 6.10 Å². The minimum atomic E-state index is -0.636. The first kappa shape index (κ1) is 11.8. The molecule has 0 radical (unpaired) electrons. The van der Waals surface area contributed by atoms with Gasteiger partial charge >= 0.3 is 0 Å². The second-order valence-corrected chi connectivity index (χ2v) is 4.45. The largest absolute Gasteiger partial charge is 0.472 e. The summed E-state index contributed by atoms with van der Waals surface area (Å²) in [6, 6.07) is 19.9. The average molecular weight is 250 g/mol. The second kappa shape index (κ2) is 5.12. The third-order valence-electron chi connectivity index (χ3n) is 3.19. The molecule has 1 N–H and O–H groups in total. The Balaban J connectivity index is 1.87. The van der Waals surface area contributed by atoms with Gasteiger partial charge < -0.3 is 9.52 Å². The summed E-state index contributed by atoms with van der Waals surface area (Å²) in [5, 5.41) is 10.2. The number of furan rings is 1. The van der Waals surface area contributed by atoms with Crippen LogP contribution in [0.2, 0.25) is 0 Å². The zero-order chi connectivity index (χ0) is 13.1. The van der Waals surface area contributed by atoms with Crippen molar-refractivity contribution in [2.75, 3.05) is 0 Å². The lowest BCUT2D eigenvalue weighted by molar-refractivity contribution is 0.219. The number of hydrogen-bond donors (Lipinski definition) is 1. The maximum atomic E-state index is 10.2. The van der Waals surface area contributed by atoms with Crippen molar-refractivity contribution < 1.29 is 9.52 Å². The van der Waals surface area contributed by atoms with Gasteiger partial charge in [-0.1, -0.05) is 54.6 Å². The fourth-order valence-electron chi connectivity index (χ4n) is 2.11. The molecule has 1 atom stereocenters. The number of benzene rings is 2. The van der Waals surface area contributed by atoms with Crippen molar-refractivity contribution in [3.8, 4) is 11.1 Å². The second-order valence-electron chi connectivity index (χ2n) is 4.45. The molecule has 1 unspecified atom stereocenters. The Morgan fingerprint density at radius 3 is 2.05 bits per heavy atom. The molecule has 0 fully saturated rings. The van der Waals surface area contributed by atoms with Gasteiger partial charge in [0.05, 0.1) is 12.5 Å². The fourth-order valence-corrected chi connectivity index (χ4v) is 2.11. The molecule has 3 rings (SSSR count). The van der Waals surface area contributed by atoms with Gasteiger partial charge in [-0.15, -0.1) is 0 Å². The van der Waals surface area contributed by atoms with E-state index < -0.39 is 6.10 Å². The number of aliphatic hydroxyl groups is 1. The Morgan fingerprint density at radius 2 is 1.42 bits per heavy atom. The summed E-state index contributed by atoms with van der Waals surface area (Å²) in [4.78, 5) is 0. The van der Waals surface area contributed by atoms with Crippen molar-refractivity contribution in [3.05, 3.63) is 84.3 Å². The Hall–Kier alpha value is -2.32. The smallest absolute Gasteiger partial charge is 0.107 e. The van der Waals surface area contributed by atoms with E-state index in [1.165, 1.54) is 5.56 Å². The molecule has 3 aromatic rings. The Labute approximate surface area is 111 Å². The quantitative estimate of drug-likeness (QED) is 0.761. The van der Waals surface area contributed by atoms with Gasteiger partial charge in [0.2, 0.25) is 0 Å². The minimum Gasteiger partial charge on any atom is -0.472 e. The third-order valence-corrected chi connectivity index (χ3v) is 3.19. The highest BCUT2D eigenvalue weighted by atomic mass is 16.3. The highest BCUT2D eigenvalue weighted by molar-refractivity contribution is 5.63. The van der Waals surface area contributed by atoms with Crippen LogP contribution in [0.5, 0.6) is 0 Å². The topological polar surface area (TPSA) is 33.4 Å². The molecule has 0 aliphatic carbocycles. The van der Waals surface area contributed by atoms with Crippen LogP contribution >= 0.6 is 0 Å². The van der Waals surface area contributed by atoms with Crippen molar-refractivity contribution >= 4 is 0 Å². The van der Waals surface area contributed by atoms with Crippen LogP contribution in [0.1, 0.15) is 17.2 Å². The van der Waals surface area contributed by atoms with Crippen LogP contribution < -0.4 is 0 Å². The van der Waals surface area contributed by atoms with Crippen LogP contribution in [0.3, 0.4) is 0 Å². The molecule has 0 spiro atoms. The predicted molar refractivity (Wildman–Crippen MR) is 74.6 cm³/mol. The summed E-state index contributed by atoms with van der Waals surface area (Å²) in [5.41, 5.74) is 3.95. The van der Waals surface area contributed by atoms with E-state index in [1.807, 2.05) is 42.5 Å². The molecule has 0 saturated heterocycles. The van der Waals surface area contributed by atoms with Gasteiger partial charge in [0.25, 0.3) is 0 Å². The molecule has 1 aromatic heterocycles. The molecule has 0 aliphatic heterocycles. The Kier molecular flexibility index (Phi) is 3.17. The first-order valence-electron chi connectivity index (χ1n) is 6.20. The van der Waals surface area contributed by atoms with Crippen molar-refractivity contribution in [1.82, 2.24) is 0 Å². The molecule has 0 bridgehead atoms. The Bertz CT molecular complexity index is 625. The molecule has 94 valence electrons. The van der Waals surface area contributed by atoms with Crippen LogP contribution in [0.4, 0.5) is 0 Å². The van der Waals surface area contributed by atoms with Crippen molar-refractivity contribution in [1.29, 1.82) is 0 Å². The van der Waals surface area contributed by atoms with Crippen LogP contribution in [0, 0.1) is 0 Å². The van der Waals surface area contributed by atoms with E-state index in [0.29, 0.717) is 0 Å². The summed E-state index contributed by atoms with van der Waals surface area (Å²) in [6.07, 6.45) is 2.50. The molecule has 0 aliphatic rings. The van der Waals surface area contributed by atoms with E-state index >= 15 is 0 Å². The van der Waals surface area contributed by atoms with E-state index in [4.69, 9.17) is 4.42 Å². The fraction of sp³-hybridized carbons (Fsp3) is 0.0588. The maximum Gasteiger partial charge on any atom is 0.107 e. The average Bonchev–Trinajstić information content (AvgIpc) is 3.02. The highest BCUT2D eigenvalue weighted by Crippen LogP contribution is 2.25. The normalized spacial score (nSPS) is 12.3. The third kappa shape index (κ3) is 2.44. The zero-order valence-electron chi connectivity index (χ0n) is 10.4. The van der Waals surface area contributed by atoms with Gasteiger partial charge in [0, 0.05) is 5.56 Å². The molecule has 19 heavy (non-hydrogen) atoms. The lowest BCUT2D eigenvalue weighted by Crippen LogP contribution is -1.97. The summed E-state index contributed by atoms with van der Waals surface area (Å²) < 4.78 is 4.99. The Morgan fingerprint density at radius 1 is 0.737 bits per heavy atom. The highest BCUT2D eigenvalue weighted by Gasteiger charge is 2.11. The summed E-state index contributed by atoms with van der Waals surface area (Å²) in [7, 11) is 0. The first-order valence-corrected chi connectivity index (χ1v) is 6.20. The van der Waals surface area contributed by atoms with E-state index in [9.17, 15) is 5.11 Å². The lowest BCUT2D eigenvalue weighted by Gasteiger charge is -2.09. The first-order chi connectivity index (χ1) is 9.34. The SMILES string of the molecule is OC(c1ccc(-c2ccccc2)cc1)c1ccoc1. The van der Waals surface area contributed by atoms with Gasteiger partial charge in [-0.25, -0.2) is 0 Å². The standard InChI is InChI=1S/C17H14O2/c18-17(16-10-11-19-12-16)15-8-6-14(7-9-15)13-4-2-1-3-5-13/h1-12,17-18H. The number of aliphatic hydroxyl groups excluding tert-OH is 1. The molecule has 2 nitrogen and oxygen atoms in total. The molecule has 0 amide bonds. The number of hydrogen-bond acceptors (Lipinski definition) is 2. The van der Waals surface area contributed by atoms with Crippen molar-refractivity contribution in [2.24, 2.45) is 0 Å². The van der Waals surface area contributed by atoms with Gasteiger partial charge in [0.1, 0.15) is 6.10 Å². The zero-order valence-corrected chi connectivity index (χ0v) is 10.4. The lowest BCUT2D eigenvalue weighted by atomic mass is 10.00. The van der Waals surface area contributed by atoms with Gasteiger partial charge in [-0.3, -0.25) is 0 Å². The van der Waals surface area contributed by atoms with Gasteiger partial charge in [-0.2, -0.15) is 0 Å². The monoisotopic (exact) mass is 250 g/mol. The summed E-state index contributed by atoms with van der Waals surface area (Å²) in [6.45, 7) is 0. The van der Waals surface area contributed by atoms with E-state index in [2.05, 4.69) is 12.1 Å². The van der Waals surface area contributed by atoms with E-state index in [-0.39, 0.29) is 0 Å². The molecular weight excluding hydrogens is 236 g/mol. The predicted octanol–water partition coefficient (Wildman–Crippen LogP) is 4.03. The van der Waals surface area contributed by atoms with Crippen LogP contribution in [0.25, 0.3) is 11.1 Å². The minimum absolute atomic E-state index is 0.636. The molecule has 1 heterocycles. The van der Waals surface area contributed by atoms with Gasteiger partial charge in [-0.05, 0) is 22.8 Å². The molecule has 0 saturated carbocycles. The maximum absolute atomic E-state index is 10.2. The summed E-state index contributed by atoms with van der Waals surface area (Å²) in [5.74, 6) is 0. The number of rotatable bonds is 3. The molecule has 2 heteroatoms. The molecule has 2 aromatic carbocycles. The van der Waals surface area contributed by atoms with E-state index in [0.717, 1.165) is 16.7 Å². The van der Waals surface area contributed by atoms with Crippen molar-refractivity contribution in [3.63, 3.8) is 0 Å². The van der Waals surface area contributed by atoms with E-state index in [1.54, 1.807) is 18.6 Å². The van der Waals surface area contributed by atoms with Crippen LogP contribution in [0.15, 0.2) is 77.6 Å². The summed E-state index contributed by atoms with van der Waals surface area (Å²) >= 11 is 0. The molecular formula is C17H14O2. The van der Waals surface area contributed by atoms with Crippen LogP contribution in [-0.4, -0.2) is 5.11 Å². The van der Waals surface area contributed by atoms with Gasteiger partial charge in [0.15, 0.2) is 0 Å².